The van der Waals surface area contributed by atoms with Crippen LogP contribution >= 0.6 is 11.3 Å². The molecule has 18 heavy (non-hydrogen) atoms. The van der Waals surface area contributed by atoms with Gasteiger partial charge in [0, 0.05) is 26.1 Å². The van der Waals surface area contributed by atoms with Gasteiger partial charge in [-0.1, -0.05) is 0 Å². The molecule has 0 aromatic carbocycles. The molecule has 2 fully saturated rings. The Kier molecular flexibility index (Phi) is 2.85. The van der Waals surface area contributed by atoms with Gasteiger partial charge in [-0.3, -0.25) is 4.79 Å². The molecule has 0 bridgehead atoms. The lowest BCUT2D eigenvalue weighted by molar-refractivity contribution is 0.102. The molecule has 0 saturated heterocycles. The summed E-state index contributed by atoms with van der Waals surface area (Å²) in [5, 5.41) is 1.24. The highest BCUT2D eigenvalue weighted by molar-refractivity contribution is 7.18. The molecule has 1 heterocycles. The average Bonchev–Trinajstić information content (AvgIpc) is 3.19. The lowest BCUT2D eigenvalue weighted by Crippen LogP contribution is -2.19. The fourth-order valence-electron chi connectivity index (χ4n) is 2.53. The summed E-state index contributed by atoms with van der Waals surface area (Å²) >= 11 is 1.59. The molecule has 3 nitrogen and oxygen atoms in total. The van der Waals surface area contributed by atoms with Crippen LogP contribution < -0.4 is 10.6 Å². The van der Waals surface area contributed by atoms with Crippen LogP contribution in [0.3, 0.4) is 0 Å². The van der Waals surface area contributed by atoms with Crippen molar-refractivity contribution in [1.82, 2.24) is 0 Å². The van der Waals surface area contributed by atoms with E-state index in [1.165, 1.54) is 36.2 Å². The van der Waals surface area contributed by atoms with Crippen molar-refractivity contribution in [2.45, 2.75) is 38.5 Å². The third-order valence-electron chi connectivity index (χ3n) is 3.84. The Hall–Kier alpha value is -1.03. The summed E-state index contributed by atoms with van der Waals surface area (Å²) in [6.45, 7) is 2.72. The predicted molar refractivity (Wildman–Crippen MR) is 76.7 cm³/mol. The number of ketones is 1. The molecule has 0 radical (unpaired) electrons. The lowest BCUT2D eigenvalue weighted by Gasteiger charge is -2.19. The normalized spacial score (nSPS) is 19.0. The number of hydrogen-bond acceptors (Lipinski definition) is 4. The number of thiophene rings is 1. The summed E-state index contributed by atoms with van der Waals surface area (Å²) < 4.78 is 0. The summed E-state index contributed by atoms with van der Waals surface area (Å²) in [4.78, 5) is 14.7. The Bertz CT molecular complexity index is 486. The Labute approximate surface area is 112 Å². The maximum absolute atomic E-state index is 11.6. The Morgan fingerprint density at radius 2 is 2.06 bits per heavy atom. The van der Waals surface area contributed by atoms with Gasteiger partial charge in [-0.05, 0) is 37.5 Å². The highest BCUT2D eigenvalue weighted by Gasteiger charge is 2.34. The van der Waals surface area contributed by atoms with Gasteiger partial charge in [-0.25, -0.2) is 0 Å². The van der Waals surface area contributed by atoms with Crippen LogP contribution in [0.25, 0.3) is 0 Å². The van der Waals surface area contributed by atoms with Crippen molar-refractivity contribution < 1.29 is 4.79 Å². The quantitative estimate of drug-likeness (QED) is 0.830. The first kappa shape index (κ1) is 12.0. The molecular weight excluding hydrogens is 244 g/mol. The molecule has 2 saturated carbocycles. The molecule has 2 aliphatic rings. The fraction of sp³-hybridized carbons (Fsp3) is 0.643. The first-order valence-corrected chi connectivity index (χ1v) is 7.53. The molecule has 1 aromatic rings. The first-order chi connectivity index (χ1) is 8.58. The lowest BCUT2D eigenvalue weighted by atomic mass is 10.1. The molecule has 3 rings (SSSR count). The zero-order valence-electron chi connectivity index (χ0n) is 11.0. The smallest absolute Gasteiger partial charge is 0.171 e. The van der Waals surface area contributed by atoms with E-state index in [1.54, 1.807) is 18.3 Å². The average molecular weight is 264 g/mol. The van der Waals surface area contributed by atoms with Crippen molar-refractivity contribution in [2.24, 2.45) is 5.92 Å². The molecule has 0 amide bonds. The molecule has 2 aliphatic carbocycles. The van der Waals surface area contributed by atoms with E-state index in [4.69, 9.17) is 5.73 Å². The van der Waals surface area contributed by atoms with E-state index in [1.807, 2.05) is 0 Å². The van der Waals surface area contributed by atoms with Crippen molar-refractivity contribution in [2.75, 3.05) is 24.2 Å². The van der Waals surface area contributed by atoms with Gasteiger partial charge in [0.2, 0.25) is 0 Å². The van der Waals surface area contributed by atoms with E-state index in [0.29, 0.717) is 5.92 Å². The summed E-state index contributed by atoms with van der Waals surface area (Å²) in [5.41, 5.74) is 8.21. The van der Waals surface area contributed by atoms with Gasteiger partial charge >= 0.3 is 0 Å². The monoisotopic (exact) mass is 264 g/mol. The maximum Gasteiger partial charge on any atom is 0.171 e. The molecular formula is C14H20N2OS. The minimum atomic E-state index is 0.102. The van der Waals surface area contributed by atoms with E-state index >= 15 is 0 Å². The van der Waals surface area contributed by atoms with Crippen molar-refractivity contribution in [1.29, 1.82) is 0 Å². The second-order valence-corrected chi connectivity index (χ2v) is 6.72. The van der Waals surface area contributed by atoms with Crippen LogP contribution in [-0.2, 0) is 0 Å². The fourth-order valence-corrected chi connectivity index (χ4v) is 3.70. The summed E-state index contributed by atoms with van der Waals surface area (Å²) in [5.74, 6) is 1.56. The number of nitrogen functional groups attached to an aromatic ring is 1. The predicted octanol–water partition coefficient (Wildman–Crippen LogP) is 3.26. The number of carbonyl (C=O) groups excluding carboxylic acids is 1. The van der Waals surface area contributed by atoms with Gasteiger partial charge in [-0.2, -0.15) is 0 Å². The van der Waals surface area contributed by atoms with E-state index in [0.717, 1.165) is 23.0 Å². The Balaban J connectivity index is 1.95. The molecule has 4 heteroatoms. The zero-order valence-corrected chi connectivity index (χ0v) is 11.8. The molecule has 2 N–H and O–H groups in total. The standard InChI is InChI=1S/C14H20N2OS/c1-8(17)13-12(15)11(10-5-6-10)14(18-13)16(2)7-9-3-4-9/h9-10H,3-7,15H2,1-2H3. The minimum Gasteiger partial charge on any atom is -0.397 e. The highest BCUT2D eigenvalue weighted by Crippen LogP contribution is 2.52. The van der Waals surface area contributed by atoms with Crippen LogP contribution in [0.15, 0.2) is 0 Å². The van der Waals surface area contributed by atoms with Crippen molar-refractivity contribution in [3.63, 3.8) is 0 Å². The van der Waals surface area contributed by atoms with E-state index in [-0.39, 0.29) is 5.78 Å². The number of hydrogen-bond donors (Lipinski definition) is 1. The van der Waals surface area contributed by atoms with Crippen LogP contribution in [-0.4, -0.2) is 19.4 Å². The van der Waals surface area contributed by atoms with Crippen LogP contribution in [0, 0.1) is 5.92 Å². The van der Waals surface area contributed by atoms with E-state index < -0.39 is 0 Å². The van der Waals surface area contributed by atoms with Gasteiger partial charge in [0.05, 0.1) is 15.6 Å². The number of rotatable bonds is 5. The number of Topliss-reactive ketones (excluding diaryl/α,β-unsaturated/α-hetero) is 1. The van der Waals surface area contributed by atoms with Crippen LogP contribution in [0.2, 0.25) is 0 Å². The molecule has 0 aliphatic heterocycles. The molecule has 0 unspecified atom stereocenters. The van der Waals surface area contributed by atoms with Crippen LogP contribution in [0.4, 0.5) is 10.7 Å². The molecule has 0 spiro atoms. The second kappa shape index (κ2) is 4.26. The first-order valence-electron chi connectivity index (χ1n) is 6.72. The van der Waals surface area contributed by atoms with Gasteiger partial charge < -0.3 is 10.6 Å². The van der Waals surface area contributed by atoms with Crippen LogP contribution in [0.5, 0.6) is 0 Å². The number of nitrogens with zero attached hydrogens (tertiary/aromatic N) is 1. The number of anilines is 2. The van der Waals surface area contributed by atoms with Gasteiger partial charge in [0.1, 0.15) is 0 Å². The maximum atomic E-state index is 11.6. The molecule has 1 aromatic heterocycles. The van der Waals surface area contributed by atoms with Gasteiger partial charge in [0.25, 0.3) is 0 Å². The van der Waals surface area contributed by atoms with Crippen molar-refractivity contribution >= 4 is 27.8 Å². The molecule has 98 valence electrons. The topological polar surface area (TPSA) is 46.3 Å². The third kappa shape index (κ3) is 2.14. The SMILES string of the molecule is CC(=O)c1sc(N(C)CC2CC2)c(C2CC2)c1N. The summed E-state index contributed by atoms with van der Waals surface area (Å²) in [6, 6.07) is 0. The largest absolute Gasteiger partial charge is 0.397 e. The van der Waals surface area contributed by atoms with Crippen molar-refractivity contribution in [3.05, 3.63) is 10.4 Å². The van der Waals surface area contributed by atoms with Crippen LogP contribution in [0.1, 0.15) is 53.8 Å². The van der Waals surface area contributed by atoms with Crippen molar-refractivity contribution in [3.8, 4) is 0 Å². The van der Waals surface area contributed by atoms with E-state index in [9.17, 15) is 4.79 Å². The second-order valence-electron chi connectivity index (χ2n) is 5.72. The minimum absolute atomic E-state index is 0.102. The number of nitrogens with two attached hydrogens (primary N) is 1. The zero-order chi connectivity index (χ0) is 12.9. The van der Waals surface area contributed by atoms with Gasteiger partial charge in [0.15, 0.2) is 5.78 Å². The Morgan fingerprint density at radius 1 is 1.39 bits per heavy atom. The van der Waals surface area contributed by atoms with Gasteiger partial charge in [-0.15, -0.1) is 11.3 Å². The Morgan fingerprint density at radius 3 is 2.56 bits per heavy atom. The van der Waals surface area contributed by atoms with E-state index in [2.05, 4.69) is 11.9 Å². The summed E-state index contributed by atoms with van der Waals surface area (Å²) in [6.07, 6.45) is 5.15. The third-order valence-corrected chi connectivity index (χ3v) is 5.28. The number of carbonyl (C=O) groups is 1. The highest BCUT2D eigenvalue weighted by atomic mass is 32.1. The summed E-state index contributed by atoms with van der Waals surface area (Å²) in [7, 11) is 2.14. The molecule has 0 atom stereocenters.